The Kier molecular flexibility index (Phi) is 6.60. The summed E-state index contributed by atoms with van der Waals surface area (Å²) in [4.78, 5) is 1.93. The number of benzene rings is 1. The predicted octanol–water partition coefficient (Wildman–Crippen LogP) is 3.59. The number of nitrogens with zero attached hydrogens (tertiary/aromatic N) is 1. The van der Waals surface area contributed by atoms with Crippen LogP contribution in [0.25, 0.3) is 0 Å². The minimum atomic E-state index is -0.716. The number of furan rings is 2. The summed E-state index contributed by atoms with van der Waals surface area (Å²) in [5, 5.41) is 10.3. The minimum absolute atomic E-state index is 0.159. The molecule has 0 aliphatic rings. The van der Waals surface area contributed by atoms with E-state index in [1.165, 1.54) is 6.07 Å². The van der Waals surface area contributed by atoms with E-state index in [-0.39, 0.29) is 12.4 Å². The van der Waals surface area contributed by atoms with Crippen molar-refractivity contribution >= 4 is 0 Å². The average molecular weight is 359 g/mol. The second kappa shape index (κ2) is 9.33. The minimum Gasteiger partial charge on any atom is -0.468 e. The summed E-state index contributed by atoms with van der Waals surface area (Å²) in [6.07, 6.45) is 2.46. The third-order valence-electron chi connectivity index (χ3n) is 3.91. The van der Waals surface area contributed by atoms with Crippen LogP contribution >= 0.6 is 0 Å². The number of hydrogen-bond donors (Lipinski definition) is 1. The Morgan fingerprint density at radius 1 is 0.962 bits per heavy atom. The molecule has 2 aromatic heterocycles. The maximum absolute atomic E-state index is 14.0. The van der Waals surface area contributed by atoms with Gasteiger partial charge >= 0.3 is 0 Å². The van der Waals surface area contributed by atoms with Crippen molar-refractivity contribution in [2.24, 2.45) is 0 Å². The zero-order valence-electron chi connectivity index (χ0n) is 14.4. The van der Waals surface area contributed by atoms with Crippen LogP contribution in [0.2, 0.25) is 0 Å². The fourth-order valence-electron chi connectivity index (χ4n) is 2.72. The first kappa shape index (κ1) is 18.4. The summed E-state index contributed by atoms with van der Waals surface area (Å²) < 4.78 is 30.0. The normalized spacial score (nSPS) is 12.6. The van der Waals surface area contributed by atoms with Gasteiger partial charge in [0, 0.05) is 18.7 Å². The molecule has 1 atom stereocenters. The number of ether oxygens (including phenoxy) is 1. The van der Waals surface area contributed by atoms with Crippen molar-refractivity contribution in [3.8, 4) is 0 Å². The highest BCUT2D eigenvalue weighted by molar-refractivity contribution is 5.17. The van der Waals surface area contributed by atoms with Crippen molar-refractivity contribution in [3.05, 3.63) is 84.0 Å². The molecule has 6 heteroatoms. The predicted molar refractivity (Wildman–Crippen MR) is 93.6 cm³/mol. The smallest absolute Gasteiger partial charge is 0.129 e. The Hall–Kier alpha value is -2.41. The van der Waals surface area contributed by atoms with Crippen molar-refractivity contribution in [1.82, 2.24) is 4.90 Å². The van der Waals surface area contributed by atoms with Crippen LogP contribution in [0.4, 0.5) is 4.39 Å². The highest BCUT2D eigenvalue weighted by Gasteiger charge is 2.16. The van der Waals surface area contributed by atoms with Gasteiger partial charge in [-0.25, -0.2) is 4.39 Å². The molecular weight excluding hydrogens is 337 g/mol. The summed E-state index contributed by atoms with van der Waals surface area (Å²) >= 11 is 0. The van der Waals surface area contributed by atoms with E-state index < -0.39 is 6.10 Å². The van der Waals surface area contributed by atoms with Gasteiger partial charge in [0.1, 0.15) is 23.9 Å². The van der Waals surface area contributed by atoms with E-state index in [2.05, 4.69) is 0 Å². The number of aliphatic hydroxyl groups excluding tert-OH is 1. The Balaban J connectivity index is 1.56. The molecule has 0 spiro atoms. The van der Waals surface area contributed by atoms with Crippen LogP contribution in [0.1, 0.15) is 17.1 Å². The largest absolute Gasteiger partial charge is 0.468 e. The zero-order valence-corrected chi connectivity index (χ0v) is 14.4. The molecule has 1 unspecified atom stereocenters. The number of halogens is 1. The number of hydrogen-bond acceptors (Lipinski definition) is 5. The highest BCUT2D eigenvalue weighted by atomic mass is 19.1. The molecule has 2 heterocycles. The van der Waals surface area contributed by atoms with Gasteiger partial charge in [-0.15, -0.1) is 0 Å². The van der Waals surface area contributed by atoms with E-state index in [0.29, 0.717) is 37.6 Å². The van der Waals surface area contributed by atoms with Gasteiger partial charge in [0.25, 0.3) is 0 Å². The molecule has 0 aliphatic heterocycles. The van der Waals surface area contributed by atoms with Gasteiger partial charge in [0.2, 0.25) is 0 Å². The molecule has 0 fully saturated rings. The maximum Gasteiger partial charge on any atom is 0.129 e. The Morgan fingerprint density at radius 2 is 1.69 bits per heavy atom. The fraction of sp³-hybridized carbons (Fsp3) is 0.300. The molecular formula is C20H22FNO4. The van der Waals surface area contributed by atoms with Gasteiger partial charge in [0.15, 0.2) is 0 Å². The SMILES string of the molecule is OC(COCc1ccco1)CN(Cc1ccco1)Cc1ccccc1F. The fourth-order valence-corrected chi connectivity index (χ4v) is 2.72. The Morgan fingerprint density at radius 3 is 2.38 bits per heavy atom. The molecule has 0 aliphatic carbocycles. The monoisotopic (exact) mass is 359 g/mol. The van der Waals surface area contributed by atoms with Gasteiger partial charge in [0.05, 0.1) is 31.8 Å². The second-order valence-corrected chi connectivity index (χ2v) is 6.09. The third-order valence-corrected chi connectivity index (χ3v) is 3.91. The zero-order chi connectivity index (χ0) is 18.2. The van der Waals surface area contributed by atoms with Crippen LogP contribution < -0.4 is 0 Å². The first-order valence-electron chi connectivity index (χ1n) is 8.47. The number of aliphatic hydroxyl groups is 1. The van der Waals surface area contributed by atoms with E-state index in [9.17, 15) is 9.50 Å². The van der Waals surface area contributed by atoms with Crippen LogP contribution in [0.3, 0.4) is 0 Å². The molecule has 3 aromatic rings. The lowest BCUT2D eigenvalue weighted by Gasteiger charge is -2.24. The third kappa shape index (κ3) is 5.56. The Bertz CT molecular complexity index is 758. The molecule has 0 saturated heterocycles. The second-order valence-electron chi connectivity index (χ2n) is 6.09. The van der Waals surface area contributed by atoms with E-state index in [4.69, 9.17) is 13.6 Å². The number of rotatable bonds is 10. The summed E-state index contributed by atoms with van der Waals surface area (Å²) in [6.45, 7) is 1.62. The molecule has 0 saturated carbocycles. The van der Waals surface area contributed by atoms with Crippen LogP contribution in [-0.2, 0) is 24.4 Å². The maximum atomic E-state index is 14.0. The van der Waals surface area contributed by atoms with E-state index in [1.54, 1.807) is 42.9 Å². The summed E-state index contributed by atoms with van der Waals surface area (Å²) in [6, 6.07) is 13.9. The van der Waals surface area contributed by atoms with Crippen LogP contribution in [0.5, 0.6) is 0 Å². The molecule has 1 aromatic carbocycles. The molecule has 26 heavy (non-hydrogen) atoms. The molecule has 0 radical (unpaired) electrons. The first-order chi connectivity index (χ1) is 12.7. The van der Waals surface area contributed by atoms with E-state index in [1.807, 2.05) is 17.0 Å². The van der Waals surface area contributed by atoms with Crippen molar-refractivity contribution in [2.75, 3.05) is 13.2 Å². The summed E-state index contributed by atoms with van der Waals surface area (Å²) in [7, 11) is 0. The van der Waals surface area contributed by atoms with Crippen molar-refractivity contribution < 1.29 is 23.1 Å². The van der Waals surface area contributed by atoms with Crippen molar-refractivity contribution in [3.63, 3.8) is 0 Å². The lowest BCUT2D eigenvalue weighted by atomic mass is 10.2. The van der Waals surface area contributed by atoms with Gasteiger partial charge < -0.3 is 18.7 Å². The van der Waals surface area contributed by atoms with E-state index >= 15 is 0 Å². The van der Waals surface area contributed by atoms with Gasteiger partial charge in [-0.1, -0.05) is 18.2 Å². The quantitative estimate of drug-likeness (QED) is 0.599. The molecule has 1 N–H and O–H groups in total. The van der Waals surface area contributed by atoms with Crippen LogP contribution in [0.15, 0.2) is 69.9 Å². The van der Waals surface area contributed by atoms with Crippen LogP contribution in [0, 0.1) is 5.82 Å². The van der Waals surface area contributed by atoms with Gasteiger partial charge in [-0.05, 0) is 30.3 Å². The first-order valence-corrected chi connectivity index (χ1v) is 8.47. The lowest BCUT2D eigenvalue weighted by Crippen LogP contribution is -2.34. The standard InChI is InChI=1S/C20H22FNO4/c21-20-8-2-1-5-16(20)11-22(13-18-6-3-9-25-18)12-17(23)14-24-15-19-7-4-10-26-19/h1-10,17,23H,11-15H2. The average Bonchev–Trinajstić information content (AvgIpc) is 3.31. The van der Waals surface area contributed by atoms with Crippen molar-refractivity contribution in [1.29, 1.82) is 0 Å². The van der Waals surface area contributed by atoms with E-state index in [0.717, 1.165) is 5.76 Å². The molecule has 0 bridgehead atoms. The molecule has 3 rings (SSSR count). The Labute approximate surface area is 151 Å². The summed E-state index contributed by atoms with van der Waals surface area (Å²) in [5.74, 6) is 1.20. The molecule has 5 nitrogen and oxygen atoms in total. The van der Waals surface area contributed by atoms with Gasteiger partial charge in [-0.3, -0.25) is 4.90 Å². The van der Waals surface area contributed by atoms with Gasteiger partial charge in [-0.2, -0.15) is 0 Å². The molecule has 0 amide bonds. The van der Waals surface area contributed by atoms with Crippen molar-refractivity contribution in [2.45, 2.75) is 25.8 Å². The lowest BCUT2D eigenvalue weighted by molar-refractivity contribution is 0.00147. The summed E-state index contributed by atoms with van der Waals surface area (Å²) in [5.41, 5.74) is 0.572. The topological polar surface area (TPSA) is 59.0 Å². The van der Waals surface area contributed by atoms with Crippen LogP contribution in [-0.4, -0.2) is 29.3 Å². The highest BCUT2D eigenvalue weighted by Crippen LogP contribution is 2.14. The molecule has 138 valence electrons.